The fourth-order valence-electron chi connectivity index (χ4n) is 1.98. The minimum Gasteiger partial charge on any atom is -0.324 e. The zero-order chi connectivity index (χ0) is 10.2. The van der Waals surface area contributed by atoms with Crippen LogP contribution in [0.15, 0.2) is 11.6 Å². The Morgan fingerprint density at radius 1 is 1.36 bits per heavy atom. The molecule has 1 unspecified atom stereocenters. The molecule has 1 nitrogen and oxygen atoms in total. The van der Waals surface area contributed by atoms with E-state index in [1.54, 1.807) is 0 Å². The van der Waals surface area contributed by atoms with Crippen molar-refractivity contribution in [1.29, 1.82) is 0 Å². The summed E-state index contributed by atoms with van der Waals surface area (Å²) in [4.78, 5) is 0. The molecule has 1 atom stereocenters. The van der Waals surface area contributed by atoms with Gasteiger partial charge in [-0.15, -0.1) is 0 Å². The van der Waals surface area contributed by atoms with Crippen LogP contribution in [0.5, 0.6) is 0 Å². The third-order valence-electron chi connectivity index (χ3n) is 2.94. The Hall–Kier alpha value is 0.0500. The van der Waals surface area contributed by atoms with E-state index in [2.05, 4.69) is 12.3 Å². The van der Waals surface area contributed by atoms with Gasteiger partial charge in [0.25, 0.3) is 0 Å². The molecule has 0 aromatic heterocycles. The van der Waals surface area contributed by atoms with Crippen molar-refractivity contribution < 1.29 is 0 Å². The van der Waals surface area contributed by atoms with Crippen molar-refractivity contribution in [2.24, 2.45) is 5.73 Å². The Morgan fingerprint density at radius 2 is 2.14 bits per heavy atom. The molecule has 0 amide bonds. The summed E-state index contributed by atoms with van der Waals surface area (Å²) in [6, 6.07) is 0.334. The van der Waals surface area contributed by atoms with Gasteiger partial charge in [0.1, 0.15) is 0 Å². The van der Waals surface area contributed by atoms with Crippen molar-refractivity contribution in [2.45, 2.75) is 51.0 Å². The van der Waals surface area contributed by atoms with Crippen LogP contribution in [0.2, 0.25) is 0 Å². The third kappa shape index (κ3) is 4.52. The van der Waals surface area contributed by atoms with E-state index >= 15 is 0 Å². The van der Waals surface area contributed by atoms with Gasteiger partial charge in [-0.2, -0.15) is 11.8 Å². The Balaban J connectivity index is 2.37. The van der Waals surface area contributed by atoms with Gasteiger partial charge in [0.15, 0.2) is 0 Å². The zero-order valence-electron chi connectivity index (χ0n) is 9.30. The van der Waals surface area contributed by atoms with Crippen molar-refractivity contribution in [3.63, 3.8) is 0 Å². The topological polar surface area (TPSA) is 26.0 Å². The van der Waals surface area contributed by atoms with Crippen LogP contribution in [0.4, 0.5) is 0 Å². The largest absolute Gasteiger partial charge is 0.324 e. The third-order valence-corrected chi connectivity index (χ3v) is 3.58. The van der Waals surface area contributed by atoms with Crippen molar-refractivity contribution in [1.82, 2.24) is 0 Å². The molecule has 1 aliphatic rings. The quantitative estimate of drug-likeness (QED) is 0.725. The second-order valence-corrected chi connectivity index (χ2v) is 5.11. The normalized spacial score (nSPS) is 20.9. The average molecular weight is 213 g/mol. The molecule has 0 heterocycles. The smallest absolute Gasteiger partial charge is 0.0261 e. The Kier molecular flexibility index (Phi) is 6.37. The van der Waals surface area contributed by atoms with E-state index < -0.39 is 0 Å². The number of hydrogen-bond donors (Lipinski definition) is 1. The predicted molar refractivity (Wildman–Crippen MR) is 66.8 cm³/mol. The standard InChI is InChI=1S/C12H23NS/c1-14-10-9-12(13)11-7-5-3-2-4-6-8-11/h7,12H,2-6,8-10,13H2,1H3. The summed E-state index contributed by atoms with van der Waals surface area (Å²) in [7, 11) is 0. The number of nitrogens with two attached hydrogens (primary N) is 1. The van der Waals surface area contributed by atoms with Crippen molar-refractivity contribution in [3.05, 3.63) is 11.6 Å². The molecule has 14 heavy (non-hydrogen) atoms. The number of hydrogen-bond acceptors (Lipinski definition) is 2. The van der Waals surface area contributed by atoms with Gasteiger partial charge in [-0.3, -0.25) is 0 Å². The highest BCUT2D eigenvalue weighted by Crippen LogP contribution is 2.20. The van der Waals surface area contributed by atoms with Crippen LogP contribution in [0, 0.1) is 0 Å². The highest BCUT2D eigenvalue weighted by Gasteiger charge is 2.09. The molecular formula is C12H23NS. The first-order valence-corrected chi connectivity index (χ1v) is 7.17. The summed E-state index contributed by atoms with van der Waals surface area (Å²) in [5, 5.41) is 0. The molecule has 0 bridgehead atoms. The first-order valence-electron chi connectivity index (χ1n) is 5.78. The molecule has 0 aliphatic heterocycles. The summed E-state index contributed by atoms with van der Waals surface area (Å²) in [6.07, 6.45) is 13.7. The Bertz CT molecular complexity index is 177. The van der Waals surface area contributed by atoms with Crippen LogP contribution in [-0.4, -0.2) is 18.1 Å². The molecule has 0 fully saturated rings. The monoisotopic (exact) mass is 213 g/mol. The van der Waals surface area contributed by atoms with E-state index in [4.69, 9.17) is 5.73 Å². The second-order valence-electron chi connectivity index (χ2n) is 4.12. The van der Waals surface area contributed by atoms with Crippen molar-refractivity contribution in [2.75, 3.05) is 12.0 Å². The Morgan fingerprint density at radius 3 is 2.93 bits per heavy atom. The molecule has 1 rings (SSSR count). The lowest BCUT2D eigenvalue weighted by molar-refractivity contribution is 0.592. The van der Waals surface area contributed by atoms with Crippen LogP contribution in [0.1, 0.15) is 44.9 Å². The van der Waals surface area contributed by atoms with Crippen LogP contribution in [-0.2, 0) is 0 Å². The average Bonchev–Trinajstić information content (AvgIpc) is 2.13. The van der Waals surface area contributed by atoms with Gasteiger partial charge >= 0.3 is 0 Å². The molecule has 0 saturated carbocycles. The van der Waals surface area contributed by atoms with E-state index in [1.807, 2.05) is 11.8 Å². The maximum Gasteiger partial charge on any atom is 0.0261 e. The van der Waals surface area contributed by atoms with E-state index in [0.717, 1.165) is 6.42 Å². The minimum atomic E-state index is 0.334. The zero-order valence-corrected chi connectivity index (χ0v) is 10.1. The molecular weight excluding hydrogens is 190 g/mol. The highest BCUT2D eigenvalue weighted by molar-refractivity contribution is 7.98. The molecule has 0 saturated heterocycles. The number of thioether (sulfide) groups is 1. The van der Waals surface area contributed by atoms with Crippen molar-refractivity contribution in [3.8, 4) is 0 Å². The maximum absolute atomic E-state index is 6.17. The molecule has 0 spiro atoms. The first kappa shape index (κ1) is 12.1. The van der Waals surface area contributed by atoms with Gasteiger partial charge in [0, 0.05) is 6.04 Å². The lowest BCUT2D eigenvalue weighted by Gasteiger charge is -2.17. The van der Waals surface area contributed by atoms with Gasteiger partial charge in [-0.1, -0.05) is 24.5 Å². The summed E-state index contributed by atoms with van der Waals surface area (Å²) >= 11 is 1.90. The van der Waals surface area contributed by atoms with Gasteiger partial charge in [-0.05, 0) is 44.1 Å². The van der Waals surface area contributed by atoms with Crippen LogP contribution in [0.25, 0.3) is 0 Å². The fourth-order valence-corrected chi connectivity index (χ4v) is 2.47. The summed E-state index contributed by atoms with van der Waals surface area (Å²) in [5.74, 6) is 1.19. The van der Waals surface area contributed by atoms with Crippen molar-refractivity contribution >= 4 is 11.8 Å². The lowest BCUT2D eigenvalue weighted by atomic mass is 9.94. The first-order chi connectivity index (χ1) is 6.84. The van der Waals surface area contributed by atoms with E-state index in [9.17, 15) is 0 Å². The fraction of sp³-hybridized carbons (Fsp3) is 0.833. The minimum absolute atomic E-state index is 0.334. The van der Waals surface area contributed by atoms with E-state index in [-0.39, 0.29) is 0 Å². The maximum atomic E-state index is 6.17. The molecule has 82 valence electrons. The van der Waals surface area contributed by atoms with Gasteiger partial charge in [0.2, 0.25) is 0 Å². The summed E-state index contributed by atoms with van der Waals surface area (Å²) in [6.45, 7) is 0. The van der Waals surface area contributed by atoms with Gasteiger partial charge < -0.3 is 5.73 Å². The van der Waals surface area contributed by atoms with Crippen LogP contribution < -0.4 is 5.73 Å². The number of allylic oxidation sites excluding steroid dienone is 1. The second kappa shape index (κ2) is 7.36. The predicted octanol–water partition coefficient (Wildman–Crippen LogP) is 3.35. The lowest BCUT2D eigenvalue weighted by Crippen LogP contribution is -2.23. The van der Waals surface area contributed by atoms with E-state index in [0.29, 0.717) is 6.04 Å². The van der Waals surface area contributed by atoms with Crippen LogP contribution in [0.3, 0.4) is 0 Å². The molecule has 0 radical (unpaired) electrons. The molecule has 1 aliphatic carbocycles. The van der Waals surface area contributed by atoms with Crippen LogP contribution >= 0.6 is 11.8 Å². The number of rotatable bonds is 4. The molecule has 0 aromatic carbocycles. The Labute approximate surface area is 92.5 Å². The summed E-state index contributed by atoms with van der Waals surface area (Å²) < 4.78 is 0. The van der Waals surface area contributed by atoms with E-state index in [1.165, 1.54) is 49.9 Å². The highest BCUT2D eigenvalue weighted by atomic mass is 32.2. The SMILES string of the molecule is CSCCC(N)C1=CCCCCCC1. The van der Waals surface area contributed by atoms with Gasteiger partial charge in [-0.25, -0.2) is 0 Å². The van der Waals surface area contributed by atoms with Gasteiger partial charge in [0.05, 0.1) is 0 Å². The molecule has 2 N–H and O–H groups in total. The summed E-state index contributed by atoms with van der Waals surface area (Å²) in [5.41, 5.74) is 7.70. The molecule has 0 aromatic rings. The molecule has 2 heteroatoms.